The van der Waals surface area contributed by atoms with Crippen molar-refractivity contribution in [3.63, 3.8) is 0 Å². The number of para-hydroxylation sites is 1. The van der Waals surface area contributed by atoms with Crippen molar-refractivity contribution < 1.29 is 9.18 Å². The quantitative estimate of drug-likeness (QED) is 0.259. The van der Waals surface area contributed by atoms with Crippen LogP contribution in [0.1, 0.15) is 44.9 Å². The molecule has 0 saturated heterocycles. The Morgan fingerprint density at radius 1 is 1.10 bits per heavy atom. The smallest absolute Gasteiger partial charge is 0.179 e. The summed E-state index contributed by atoms with van der Waals surface area (Å²) in [6.45, 7) is 10.0. The first-order valence-electron chi connectivity index (χ1n) is 13.5. The van der Waals surface area contributed by atoms with E-state index in [9.17, 15) is 10.1 Å². The van der Waals surface area contributed by atoms with Gasteiger partial charge >= 0.3 is 0 Å². The maximum absolute atomic E-state index is 15.3. The number of rotatable bonds is 4. The summed E-state index contributed by atoms with van der Waals surface area (Å²) in [5, 5.41) is 10.9. The zero-order valence-corrected chi connectivity index (χ0v) is 22.8. The molecule has 4 aromatic rings. The van der Waals surface area contributed by atoms with Gasteiger partial charge in [-0.15, -0.1) is 6.58 Å². The molecule has 6 heteroatoms. The van der Waals surface area contributed by atoms with Gasteiger partial charge in [0.1, 0.15) is 11.9 Å². The Morgan fingerprint density at radius 2 is 1.85 bits per heavy atom. The fourth-order valence-corrected chi connectivity index (χ4v) is 7.10. The van der Waals surface area contributed by atoms with E-state index in [1.54, 1.807) is 30.5 Å². The van der Waals surface area contributed by atoms with Crippen molar-refractivity contribution in [2.75, 3.05) is 0 Å². The Kier molecular flexibility index (Phi) is 5.99. The Morgan fingerprint density at radius 3 is 2.60 bits per heavy atom. The lowest BCUT2D eigenvalue weighted by Gasteiger charge is -2.52. The minimum Gasteiger partial charge on any atom is -0.293 e. The molecule has 0 spiro atoms. The fourth-order valence-electron chi connectivity index (χ4n) is 7.10. The highest BCUT2D eigenvalue weighted by Crippen LogP contribution is 2.57. The summed E-state index contributed by atoms with van der Waals surface area (Å²) < 4.78 is 15.3. The topological polar surface area (TPSA) is 79.5 Å². The van der Waals surface area contributed by atoms with Crippen molar-refractivity contribution in [2.24, 2.45) is 11.3 Å². The Labute approximate surface area is 233 Å². The van der Waals surface area contributed by atoms with Gasteiger partial charge in [0.2, 0.25) is 0 Å². The van der Waals surface area contributed by atoms with Crippen LogP contribution in [-0.2, 0) is 16.6 Å². The van der Waals surface area contributed by atoms with Gasteiger partial charge < -0.3 is 0 Å². The molecule has 0 bridgehead atoms. The van der Waals surface area contributed by atoms with Gasteiger partial charge in [-0.1, -0.05) is 55.8 Å². The zero-order valence-electron chi connectivity index (χ0n) is 22.8. The van der Waals surface area contributed by atoms with Crippen LogP contribution in [0.5, 0.6) is 0 Å². The summed E-state index contributed by atoms with van der Waals surface area (Å²) in [7, 11) is 0. The van der Waals surface area contributed by atoms with Crippen LogP contribution >= 0.6 is 0 Å². The summed E-state index contributed by atoms with van der Waals surface area (Å²) in [4.78, 5) is 28.4. The molecule has 0 amide bonds. The molecular weight excluding hydrogens is 499 g/mol. The molecule has 2 aromatic carbocycles. The number of carbonyl (C=O) groups is 1. The van der Waals surface area contributed by atoms with E-state index in [0.717, 1.165) is 33.3 Å². The molecular formula is C34H29FN4O. The molecule has 40 heavy (non-hydrogen) atoms. The monoisotopic (exact) mass is 528 g/mol. The van der Waals surface area contributed by atoms with Crippen molar-refractivity contribution in [3.8, 4) is 28.7 Å². The first-order valence-corrected chi connectivity index (χ1v) is 13.5. The second kappa shape index (κ2) is 9.31. The lowest BCUT2D eigenvalue weighted by molar-refractivity contribution is -0.129. The molecule has 2 heterocycles. The van der Waals surface area contributed by atoms with E-state index < -0.39 is 10.8 Å². The van der Waals surface area contributed by atoms with Crippen LogP contribution < -0.4 is 0 Å². The summed E-state index contributed by atoms with van der Waals surface area (Å²) in [6, 6.07) is 18.5. The maximum atomic E-state index is 15.3. The predicted octanol–water partition coefficient (Wildman–Crippen LogP) is 7.32. The van der Waals surface area contributed by atoms with Crippen molar-refractivity contribution in [2.45, 2.75) is 45.4 Å². The number of pyridine rings is 1. The van der Waals surface area contributed by atoms with Crippen LogP contribution in [0.4, 0.5) is 4.39 Å². The second-order valence-electron chi connectivity index (χ2n) is 11.5. The Balaban J connectivity index is 1.69. The highest BCUT2D eigenvalue weighted by atomic mass is 19.1. The SMILES string of the molecule is C=C(C)C[C@@]1(C)C(=O)C(C#N)=C[C@@]2(C)c3nc(-c4ccnc5ccccc45)nc(-c4ccccc4F)c3CCC12. The first-order chi connectivity index (χ1) is 19.2. The number of Topliss-reactive ketones (excluding diaryl/α,β-unsaturated/α-hetero) is 1. The average Bonchev–Trinajstić information content (AvgIpc) is 2.94. The predicted molar refractivity (Wildman–Crippen MR) is 154 cm³/mol. The van der Waals surface area contributed by atoms with Crippen molar-refractivity contribution in [1.82, 2.24) is 15.0 Å². The van der Waals surface area contributed by atoms with E-state index in [0.29, 0.717) is 36.3 Å². The Bertz CT molecular complexity index is 1800. The van der Waals surface area contributed by atoms with Crippen LogP contribution in [0.3, 0.4) is 0 Å². The summed E-state index contributed by atoms with van der Waals surface area (Å²) in [5.41, 5.74) is 3.60. The average molecular weight is 529 g/mol. The standard InChI is InChI=1S/C34H29FN4O/c1-20(2)17-34(4)28-14-13-25-29(24-10-5-7-11-26(24)35)38-32(23-15-16-37-27-12-8-6-9-22(23)27)39-30(25)33(28,3)18-21(19-36)31(34)40/h5-12,15-16,18,28H,1,13-14,17H2,2-4H3/t28?,33-,34-/m1/s1. The molecule has 0 radical (unpaired) electrons. The minimum absolute atomic E-state index is 0.126. The van der Waals surface area contributed by atoms with Crippen LogP contribution in [0, 0.1) is 28.5 Å². The van der Waals surface area contributed by atoms with Gasteiger partial charge in [0, 0.05) is 39.1 Å². The number of fused-ring (bicyclic) bond motifs is 4. The number of ketones is 1. The molecule has 2 aliphatic rings. The van der Waals surface area contributed by atoms with Crippen LogP contribution in [0.25, 0.3) is 33.5 Å². The molecule has 1 unspecified atom stereocenters. The third-order valence-corrected chi connectivity index (χ3v) is 8.71. The molecule has 0 aliphatic heterocycles. The highest BCUT2D eigenvalue weighted by molar-refractivity contribution is 6.05. The van der Waals surface area contributed by atoms with Gasteiger partial charge in [0.25, 0.3) is 0 Å². The number of allylic oxidation sites excluding steroid dienone is 3. The number of nitriles is 1. The van der Waals surface area contributed by atoms with E-state index >= 15 is 4.39 Å². The normalized spacial score (nSPS) is 23.6. The molecule has 6 rings (SSSR count). The van der Waals surface area contributed by atoms with E-state index in [1.807, 2.05) is 44.2 Å². The van der Waals surface area contributed by atoms with E-state index in [4.69, 9.17) is 9.97 Å². The number of nitrogens with zero attached hydrogens (tertiary/aromatic N) is 4. The number of carbonyl (C=O) groups excluding carboxylic acids is 1. The van der Waals surface area contributed by atoms with Crippen molar-refractivity contribution in [1.29, 1.82) is 5.26 Å². The molecule has 3 atom stereocenters. The number of benzene rings is 2. The van der Waals surface area contributed by atoms with Crippen LogP contribution in [0.2, 0.25) is 0 Å². The van der Waals surface area contributed by atoms with E-state index in [2.05, 4.69) is 24.6 Å². The second-order valence-corrected chi connectivity index (χ2v) is 11.5. The van der Waals surface area contributed by atoms with Gasteiger partial charge in [-0.2, -0.15) is 5.26 Å². The minimum atomic E-state index is -0.815. The number of halogens is 1. The highest BCUT2D eigenvalue weighted by Gasteiger charge is 2.57. The number of aromatic nitrogens is 3. The molecule has 0 saturated carbocycles. The third kappa shape index (κ3) is 3.80. The number of hydrogen-bond donors (Lipinski definition) is 0. The van der Waals surface area contributed by atoms with E-state index in [-0.39, 0.29) is 23.1 Å². The molecule has 0 fully saturated rings. The largest absolute Gasteiger partial charge is 0.293 e. The Hall–Kier alpha value is -4.50. The van der Waals surface area contributed by atoms with Crippen LogP contribution in [0.15, 0.2) is 84.6 Å². The van der Waals surface area contributed by atoms with Gasteiger partial charge in [0.05, 0.1) is 22.5 Å². The molecule has 0 N–H and O–H groups in total. The van der Waals surface area contributed by atoms with Crippen molar-refractivity contribution >= 4 is 16.7 Å². The van der Waals surface area contributed by atoms with Gasteiger partial charge in [-0.05, 0) is 56.4 Å². The first kappa shape index (κ1) is 25.8. The molecule has 2 aliphatic carbocycles. The summed E-state index contributed by atoms with van der Waals surface area (Å²) in [6.07, 6.45) is 5.27. The lowest BCUT2D eigenvalue weighted by Crippen LogP contribution is -2.53. The van der Waals surface area contributed by atoms with Gasteiger partial charge in [0.15, 0.2) is 11.6 Å². The molecule has 5 nitrogen and oxygen atoms in total. The number of hydrogen-bond acceptors (Lipinski definition) is 5. The van der Waals surface area contributed by atoms with E-state index in [1.165, 1.54) is 6.07 Å². The fraction of sp³-hybridized carbons (Fsp3) is 0.265. The maximum Gasteiger partial charge on any atom is 0.179 e. The molecule has 2 aromatic heterocycles. The van der Waals surface area contributed by atoms with Crippen LogP contribution in [-0.4, -0.2) is 20.7 Å². The molecule has 198 valence electrons. The summed E-state index contributed by atoms with van der Waals surface area (Å²) in [5.74, 6) is -0.171. The van der Waals surface area contributed by atoms with Gasteiger partial charge in [-0.25, -0.2) is 14.4 Å². The lowest BCUT2D eigenvalue weighted by atomic mass is 9.50. The van der Waals surface area contributed by atoms with Gasteiger partial charge in [-0.3, -0.25) is 9.78 Å². The third-order valence-electron chi connectivity index (χ3n) is 8.71. The zero-order chi connectivity index (χ0) is 28.2. The summed E-state index contributed by atoms with van der Waals surface area (Å²) >= 11 is 0. The van der Waals surface area contributed by atoms with Crippen molar-refractivity contribution in [3.05, 3.63) is 102 Å².